The van der Waals surface area contributed by atoms with E-state index in [0.717, 1.165) is 29.5 Å². The lowest BCUT2D eigenvalue weighted by Gasteiger charge is -2.39. The fourth-order valence-electron chi connectivity index (χ4n) is 2.92. The molecule has 8 nitrogen and oxygen atoms in total. The van der Waals surface area contributed by atoms with E-state index < -0.39 is 48.2 Å². The van der Waals surface area contributed by atoms with Gasteiger partial charge in [-0.15, -0.1) is 0 Å². The van der Waals surface area contributed by atoms with Crippen LogP contribution in [0.5, 0.6) is 0 Å². The molecular weight excluding hydrogens is 391 g/mol. The highest BCUT2D eigenvalue weighted by atomic mass is 32.2. The number of unbranched alkanes of at least 4 members (excludes halogenated alkanes) is 1. The molecule has 28 heavy (non-hydrogen) atoms. The average Bonchev–Trinajstić information content (AvgIpc) is 3.03. The van der Waals surface area contributed by atoms with E-state index in [0.29, 0.717) is 6.61 Å². The number of aliphatic hydroxyl groups excluding tert-OH is 2. The molecule has 5 atom stereocenters. The third-order valence-electron chi connectivity index (χ3n) is 4.26. The molecular formula is C18H31FN2O6S. The number of halogens is 1. The normalized spacial score (nSPS) is 30.0. The molecule has 0 aromatic heterocycles. The molecule has 1 saturated heterocycles. The number of amidine groups is 1. The predicted molar refractivity (Wildman–Crippen MR) is 104 cm³/mol. The summed E-state index contributed by atoms with van der Waals surface area (Å²) in [4.78, 5) is 18.0. The summed E-state index contributed by atoms with van der Waals surface area (Å²) < 4.78 is 30.0. The lowest BCUT2D eigenvalue weighted by molar-refractivity contribution is -0.185. The number of aliphatic hydroxyl groups is 2. The van der Waals surface area contributed by atoms with E-state index >= 15 is 0 Å². The van der Waals surface area contributed by atoms with Crippen LogP contribution in [0.4, 0.5) is 9.18 Å². The number of aliphatic imine (C=N–C) groups is 1. The number of alkyl halides is 1. The molecule has 2 rings (SSSR count). The number of nitrogens with zero attached hydrogens (tertiary/aromatic N) is 2. The molecule has 0 aromatic rings. The molecule has 2 heterocycles. The van der Waals surface area contributed by atoms with Crippen molar-refractivity contribution in [2.45, 2.75) is 75.9 Å². The Labute approximate surface area is 169 Å². The quantitative estimate of drug-likeness (QED) is 0.605. The second kappa shape index (κ2) is 10.2. The first kappa shape index (κ1) is 23.3. The van der Waals surface area contributed by atoms with E-state index in [1.807, 2.05) is 6.92 Å². The molecule has 2 N–H and O–H groups in total. The van der Waals surface area contributed by atoms with Crippen molar-refractivity contribution >= 4 is 23.0 Å². The van der Waals surface area contributed by atoms with Crippen LogP contribution >= 0.6 is 11.8 Å². The van der Waals surface area contributed by atoms with Gasteiger partial charge in [-0.05, 0) is 27.2 Å². The highest BCUT2D eigenvalue weighted by Gasteiger charge is 2.50. The van der Waals surface area contributed by atoms with Crippen LogP contribution in [0.15, 0.2) is 4.99 Å². The number of rotatable bonds is 7. The van der Waals surface area contributed by atoms with E-state index in [1.165, 1.54) is 0 Å². The SMILES string of the molecule is CCCCO[C@H]1[C@H](O)[C@H]2N=C(N(CCF)C(=O)OC(C)(C)C)S[C@H]2O[C@@H]1CO. The minimum atomic E-state index is -1.01. The zero-order valence-corrected chi connectivity index (χ0v) is 17.7. The first-order valence-electron chi connectivity index (χ1n) is 9.58. The topological polar surface area (TPSA) is 101 Å². The van der Waals surface area contributed by atoms with Gasteiger partial charge in [0.05, 0.1) is 13.2 Å². The third kappa shape index (κ3) is 5.79. The third-order valence-corrected chi connectivity index (χ3v) is 5.42. The van der Waals surface area contributed by atoms with Crippen molar-refractivity contribution in [2.24, 2.45) is 4.99 Å². The van der Waals surface area contributed by atoms with Crippen LogP contribution in [-0.2, 0) is 14.2 Å². The summed E-state index contributed by atoms with van der Waals surface area (Å²) in [7, 11) is 0. The number of amides is 1. The number of carbonyl (C=O) groups excluding carboxylic acids is 1. The first-order chi connectivity index (χ1) is 13.2. The highest BCUT2D eigenvalue weighted by molar-refractivity contribution is 8.14. The van der Waals surface area contributed by atoms with Crippen LogP contribution in [0.2, 0.25) is 0 Å². The second-order valence-electron chi connectivity index (χ2n) is 7.75. The van der Waals surface area contributed by atoms with E-state index in [2.05, 4.69) is 4.99 Å². The lowest BCUT2D eigenvalue weighted by atomic mass is 9.98. The number of hydrogen-bond donors (Lipinski definition) is 2. The van der Waals surface area contributed by atoms with Gasteiger partial charge in [0.25, 0.3) is 0 Å². The van der Waals surface area contributed by atoms with Gasteiger partial charge in [-0.25, -0.2) is 9.18 Å². The van der Waals surface area contributed by atoms with Gasteiger partial charge in [-0.1, -0.05) is 25.1 Å². The van der Waals surface area contributed by atoms with Gasteiger partial charge in [-0.3, -0.25) is 9.89 Å². The Kier molecular flexibility index (Phi) is 8.50. The summed E-state index contributed by atoms with van der Waals surface area (Å²) in [6.45, 7) is 6.33. The van der Waals surface area contributed by atoms with Crippen molar-refractivity contribution in [1.82, 2.24) is 4.90 Å². The van der Waals surface area contributed by atoms with E-state index in [9.17, 15) is 19.4 Å². The van der Waals surface area contributed by atoms with Gasteiger partial charge >= 0.3 is 6.09 Å². The van der Waals surface area contributed by atoms with Gasteiger partial charge in [0.15, 0.2) is 5.17 Å². The molecule has 1 fully saturated rings. The zero-order chi connectivity index (χ0) is 20.9. The van der Waals surface area contributed by atoms with Crippen molar-refractivity contribution in [3.05, 3.63) is 0 Å². The lowest BCUT2D eigenvalue weighted by Crippen LogP contribution is -2.57. The molecule has 0 spiro atoms. The van der Waals surface area contributed by atoms with Crippen molar-refractivity contribution < 1.29 is 33.6 Å². The second-order valence-corrected chi connectivity index (χ2v) is 8.81. The van der Waals surface area contributed by atoms with Crippen LogP contribution in [0.1, 0.15) is 40.5 Å². The molecule has 162 valence electrons. The molecule has 0 saturated carbocycles. The Bertz CT molecular complexity index is 559. The average molecular weight is 423 g/mol. The summed E-state index contributed by atoms with van der Waals surface area (Å²) >= 11 is 1.11. The summed E-state index contributed by atoms with van der Waals surface area (Å²) in [5.74, 6) is 0. The van der Waals surface area contributed by atoms with E-state index in [-0.39, 0.29) is 18.3 Å². The number of hydrogen-bond acceptors (Lipinski definition) is 8. The summed E-state index contributed by atoms with van der Waals surface area (Å²) in [5, 5.41) is 20.6. The van der Waals surface area contributed by atoms with Crippen LogP contribution in [0.3, 0.4) is 0 Å². The molecule has 2 aliphatic rings. The summed E-state index contributed by atoms with van der Waals surface area (Å²) in [6.07, 6.45) is -1.39. The Morgan fingerprint density at radius 3 is 2.71 bits per heavy atom. The van der Waals surface area contributed by atoms with Gasteiger partial charge in [0.1, 0.15) is 42.1 Å². The largest absolute Gasteiger partial charge is 0.443 e. The Morgan fingerprint density at radius 1 is 1.43 bits per heavy atom. The predicted octanol–water partition coefficient (Wildman–Crippen LogP) is 1.93. The molecule has 0 unspecified atom stereocenters. The number of thioether (sulfide) groups is 1. The van der Waals surface area contributed by atoms with Crippen molar-refractivity contribution in [2.75, 3.05) is 26.4 Å². The van der Waals surface area contributed by atoms with Gasteiger partial charge in [0, 0.05) is 6.61 Å². The standard InChI is InChI=1S/C18H31FN2O6S/c1-5-6-9-25-14-11(10-22)26-15-12(13(14)23)20-16(28-15)21(8-7-19)17(24)27-18(2,3)4/h11-15,22-23H,5-10H2,1-4H3/t11-,12-,13-,14-,15-/m1/s1. The maximum Gasteiger partial charge on any atom is 0.416 e. The highest BCUT2D eigenvalue weighted by Crippen LogP contribution is 2.38. The summed E-state index contributed by atoms with van der Waals surface area (Å²) in [6, 6.07) is -0.682. The number of carbonyl (C=O) groups is 1. The Morgan fingerprint density at radius 2 is 2.14 bits per heavy atom. The molecule has 10 heteroatoms. The fraction of sp³-hybridized carbons (Fsp3) is 0.889. The molecule has 0 radical (unpaired) electrons. The van der Waals surface area contributed by atoms with Gasteiger partial charge < -0.3 is 24.4 Å². The van der Waals surface area contributed by atoms with Gasteiger partial charge in [-0.2, -0.15) is 0 Å². The minimum absolute atomic E-state index is 0.212. The van der Waals surface area contributed by atoms with Crippen molar-refractivity contribution in [1.29, 1.82) is 0 Å². The van der Waals surface area contributed by atoms with E-state index in [4.69, 9.17) is 14.2 Å². The molecule has 2 aliphatic heterocycles. The van der Waals surface area contributed by atoms with Crippen LogP contribution in [0.25, 0.3) is 0 Å². The molecule has 0 aromatic carbocycles. The van der Waals surface area contributed by atoms with Crippen LogP contribution in [0, 0.1) is 0 Å². The Balaban J connectivity index is 2.15. The van der Waals surface area contributed by atoms with Crippen LogP contribution < -0.4 is 0 Å². The van der Waals surface area contributed by atoms with Crippen molar-refractivity contribution in [3.63, 3.8) is 0 Å². The van der Waals surface area contributed by atoms with E-state index in [1.54, 1.807) is 20.8 Å². The molecule has 0 bridgehead atoms. The number of fused-ring (bicyclic) bond motifs is 1. The Hall–Kier alpha value is -0.940. The maximum atomic E-state index is 13.0. The molecule has 1 amide bonds. The summed E-state index contributed by atoms with van der Waals surface area (Å²) in [5.41, 5.74) is -1.34. The minimum Gasteiger partial charge on any atom is -0.443 e. The molecule has 0 aliphatic carbocycles. The smallest absolute Gasteiger partial charge is 0.416 e. The van der Waals surface area contributed by atoms with Crippen molar-refractivity contribution in [3.8, 4) is 0 Å². The maximum absolute atomic E-state index is 13.0. The van der Waals surface area contributed by atoms with Crippen LogP contribution in [-0.4, -0.2) is 88.2 Å². The monoisotopic (exact) mass is 422 g/mol. The fourth-order valence-corrected chi connectivity index (χ4v) is 4.16. The zero-order valence-electron chi connectivity index (χ0n) is 16.8. The number of ether oxygens (including phenoxy) is 3. The van der Waals surface area contributed by atoms with Gasteiger partial charge in [0.2, 0.25) is 0 Å². The first-order valence-corrected chi connectivity index (χ1v) is 10.5.